The molecule has 1 aliphatic rings. The van der Waals surface area contributed by atoms with E-state index in [1.807, 2.05) is 4.90 Å². The molecule has 112 valence electrons. The normalized spacial score (nSPS) is 21.5. The van der Waals surface area contributed by atoms with Gasteiger partial charge in [0.25, 0.3) is 0 Å². The first-order chi connectivity index (χ1) is 9.10. The molecular weight excluding hydrogens is 244 g/mol. The Hall–Kier alpha value is -0.810. The Kier molecular flexibility index (Phi) is 7.16. The van der Waals surface area contributed by atoms with Crippen LogP contribution in [0.25, 0.3) is 0 Å². The first-order valence-corrected chi connectivity index (χ1v) is 7.27. The van der Waals surface area contributed by atoms with E-state index in [0.717, 1.165) is 25.8 Å². The molecule has 19 heavy (non-hydrogen) atoms. The SMILES string of the molecule is COCC(NC(=O)N1CCCCC1CCO)C(C)C. The summed E-state index contributed by atoms with van der Waals surface area (Å²) in [7, 11) is 1.65. The molecule has 1 heterocycles. The second-order valence-electron chi connectivity index (χ2n) is 5.61. The number of nitrogens with zero attached hydrogens (tertiary/aromatic N) is 1. The van der Waals surface area contributed by atoms with Gasteiger partial charge in [-0.05, 0) is 31.6 Å². The number of piperidine rings is 1. The average molecular weight is 272 g/mol. The molecule has 1 saturated heterocycles. The van der Waals surface area contributed by atoms with Crippen LogP contribution in [0.3, 0.4) is 0 Å². The number of rotatable bonds is 6. The molecule has 0 aromatic carbocycles. The minimum Gasteiger partial charge on any atom is -0.396 e. The summed E-state index contributed by atoms with van der Waals surface area (Å²) in [5, 5.41) is 12.1. The van der Waals surface area contributed by atoms with Crippen LogP contribution in [0.2, 0.25) is 0 Å². The lowest BCUT2D eigenvalue weighted by molar-refractivity contribution is 0.113. The molecule has 0 spiro atoms. The Morgan fingerprint density at radius 2 is 2.21 bits per heavy atom. The van der Waals surface area contributed by atoms with E-state index >= 15 is 0 Å². The lowest BCUT2D eigenvalue weighted by Crippen LogP contribution is -2.53. The average Bonchev–Trinajstić information content (AvgIpc) is 2.39. The predicted octanol–water partition coefficient (Wildman–Crippen LogP) is 1.60. The molecule has 0 aromatic heterocycles. The van der Waals surface area contributed by atoms with Crippen molar-refractivity contribution in [1.82, 2.24) is 10.2 Å². The molecule has 5 nitrogen and oxygen atoms in total. The van der Waals surface area contributed by atoms with Crippen LogP contribution in [0, 0.1) is 5.92 Å². The first kappa shape index (κ1) is 16.2. The predicted molar refractivity (Wildman–Crippen MR) is 75.1 cm³/mol. The number of amides is 2. The molecule has 2 unspecified atom stereocenters. The fourth-order valence-corrected chi connectivity index (χ4v) is 2.54. The van der Waals surface area contributed by atoms with Crippen molar-refractivity contribution in [1.29, 1.82) is 0 Å². The first-order valence-electron chi connectivity index (χ1n) is 7.27. The van der Waals surface area contributed by atoms with E-state index < -0.39 is 0 Å². The number of hydrogen-bond donors (Lipinski definition) is 2. The van der Waals surface area contributed by atoms with Gasteiger partial charge in [0.1, 0.15) is 0 Å². The molecule has 2 atom stereocenters. The van der Waals surface area contributed by atoms with Crippen molar-refractivity contribution < 1.29 is 14.6 Å². The summed E-state index contributed by atoms with van der Waals surface area (Å²) in [6, 6.07) is 0.192. The second-order valence-corrected chi connectivity index (χ2v) is 5.61. The van der Waals surface area contributed by atoms with E-state index in [2.05, 4.69) is 19.2 Å². The molecule has 0 radical (unpaired) electrons. The van der Waals surface area contributed by atoms with Crippen LogP contribution in [0.15, 0.2) is 0 Å². The largest absolute Gasteiger partial charge is 0.396 e. The number of urea groups is 1. The summed E-state index contributed by atoms with van der Waals surface area (Å²) < 4.78 is 5.15. The number of methoxy groups -OCH3 is 1. The van der Waals surface area contributed by atoms with Gasteiger partial charge in [0.2, 0.25) is 0 Å². The summed E-state index contributed by atoms with van der Waals surface area (Å²) in [6.45, 7) is 5.60. The number of aliphatic hydroxyl groups excluding tert-OH is 1. The van der Waals surface area contributed by atoms with Gasteiger partial charge in [-0.25, -0.2) is 4.79 Å². The molecule has 0 bridgehead atoms. The van der Waals surface area contributed by atoms with Crippen LogP contribution in [0.4, 0.5) is 4.79 Å². The van der Waals surface area contributed by atoms with Gasteiger partial charge in [-0.15, -0.1) is 0 Å². The summed E-state index contributed by atoms with van der Waals surface area (Å²) in [5.74, 6) is 0.338. The number of nitrogens with one attached hydrogen (secondary N) is 1. The van der Waals surface area contributed by atoms with E-state index in [4.69, 9.17) is 9.84 Å². The summed E-state index contributed by atoms with van der Waals surface area (Å²) >= 11 is 0. The van der Waals surface area contributed by atoms with Crippen LogP contribution in [-0.2, 0) is 4.74 Å². The van der Waals surface area contributed by atoms with Crippen molar-refractivity contribution in [2.45, 2.75) is 51.6 Å². The number of hydrogen-bond acceptors (Lipinski definition) is 3. The van der Waals surface area contributed by atoms with E-state index in [0.29, 0.717) is 18.9 Å². The molecular formula is C14H28N2O3. The molecule has 2 N–H and O–H groups in total. The van der Waals surface area contributed by atoms with Crippen LogP contribution >= 0.6 is 0 Å². The zero-order valence-electron chi connectivity index (χ0n) is 12.4. The van der Waals surface area contributed by atoms with E-state index in [9.17, 15) is 4.79 Å². The smallest absolute Gasteiger partial charge is 0.317 e. The van der Waals surface area contributed by atoms with Crippen LogP contribution < -0.4 is 5.32 Å². The van der Waals surface area contributed by atoms with Gasteiger partial charge in [0, 0.05) is 26.3 Å². The van der Waals surface area contributed by atoms with E-state index in [-0.39, 0.29) is 24.7 Å². The number of carbonyl (C=O) groups excluding carboxylic acids is 1. The fourth-order valence-electron chi connectivity index (χ4n) is 2.54. The Morgan fingerprint density at radius 3 is 2.79 bits per heavy atom. The minimum absolute atomic E-state index is 0.0195. The monoisotopic (exact) mass is 272 g/mol. The standard InChI is InChI=1S/C14H28N2O3/c1-11(2)13(10-19-3)15-14(18)16-8-5-4-6-12(16)7-9-17/h11-13,17H,4-10H2,1-3H3,(H,15,18). The number of likely N-dealkylation sites (tertiary alicyclic amines) is 1. The summed E-state index contributed by atoms with van der Waals surface area (Å²) in [6.07, 6.45) is 3.85. The number of ether oxygens (including phenoxy) is 1. The lowest BCUT2D eigenvalue weighted by atomic mass is 10.00. The van der Waals surface area contributed by atoms with Crippen molar-refractivity contribution in [2.75, 3.05) is 26.9 Å². The van der Waals surface area contributed by atoms with Crippen molar-refractivity contribution in [3.05, 3.63) is 0 Å². The topological polar surface area (TPSA) is 61.8 Å². The van der Waals surface area contributed by atoms with Crippen LogP contribution in [0.1, 0.15) is 39.5 Å². The van der Waals surface area contributed by atoms with Gasteiger partial charge in [-0.1, -0.05) is 13.8 Å². The Labute approximate surface area is 116 Å². The molecule has 2 amide bonds. The van der Waals surface area contributed by atoms with Crippen LogP contribution in [0.5, 0.6) is 0 Å². The van der Waals surface area contributed by atoms with Gasteiger partial charge in [-0.2, -0.15) is 0 Å². The Bertz CT molecular complexity index is 269. The molecule has 1 rings (SSSR count). The highest BCUT2D eigenvalue weighted by atomic mass is 16.5. The van der Waals surface area contributed by atoms with Gasteiger partial charge in [0.15, 0.2) is 0 Å². The number of aliphatic hydroxyl groups is 1. The molecule has 1 aliphatic heterocycles. The quantitative estimate of drug-likeness (QED) is 0.772. The fraction of sp³-hybridized carbons (Fsp3) is 0.929. The maximum atomic E-state index is 12.4. The van der Waals surface area contributed by atoms with Gasteiger partial charge in [-0.3, -0.25) is 0 Å². The lowest BCUT2D eigenvalue weighted by Gasteiger charge is -2.37. The highest BCUT2D eigenvalue weighted by Crippen LogP contribution is 2.19. The van der Waals surface area contributed by atoms with Crippen molar-refractivity contribution in [3.8, 4) is 0 Å². The van der Waals surface area contributed by atoms with Crippen molar-refractivity contribution in [2.24, 2.45) is 5.92 Å². The van der Waals surface area contributed by atoms with Crippen molar-refractivity contribution >= 4 is 6.03 Å². The minimum atomic E-state index is -0.0195. The maximum Gasteiger partial charge on any atom is 0.317 e. The van der Waals surface area contributed by atoms with Crippen molar-refractivity contribution in [3.63, 3.8) is 0 Å². The zero-order chi connectivity index (χ0) is 14.3. The molecule has 0 saturated carbocycles. The summed E-state index contributed by atoms with van der Waals surface area (Å²) in [4.78, 5) is 14.2. The second kappa shape index (κ2) is 8.38. The highest BCUT2D eigenvalue weighted by molar-refractivity contribution is 5.75. The molecule has 5 heteroatoms. The zero-order valence-corrected chi connectivity index (χ0v) is 12.4. The van der Waals surface area contributed by atoms with Gasteiger partial charge in [0.05, 0.1) is 12.6 Å². The molecule has 0 aliphatic carbocycles. The maximum absolute atomic E-state index is 12.4. The van der Waals surface area contributed by atoms with Crippen LogP contribution in [-0.4, -0.2) is 55.0 Å². The van der Waals surface area contributed by atoms with Gasteiger partial charge < -0.3 is 20.1 Å². The summed E-state index contributed by atoms with van der Waals surface area (Å²) in [5.41, 5.74) is 0. The Morgan fingerprint density at radius 1 is 1.47 bits per heavy atom. The van der Waals surface area contributed by atoms with Gasteiger partial charge >= 0.3 is 6.03 Å². The third-order valence-corrected chi connectivity index (χ3v) is 3.81. The molecule has 1 fully saturated rings. The highest BCUT2D eigenvalue weighted by Gasteiger charge is 2.28. The Balaban J connectivity index is 2.57. The molecule has 0 aromatic rings. The third kappa shape index (κ3) is 4.99. The number of carbonyl (C=O) groups is 1. The van der Waals surface area contributed by atoms with E-state index in [1.54, 1.807) is 7.11 Å². The third-order valence-electron chi connectivity index (χ3n) is 3.81. The van der Waals surface area contributed by atoms with E-state index in [1.165, 1.54) is 0 Å².